The van der Waals surface area contributed by atoms with Gasteiger partial charge in [-0.15, -0.1) is 11.3 Å². The van der Waals surface area contributed by atoms with Crippen molar-refractivity contribution in [1.29, 1.82) is 0 Å². The molecule has 0 amide bonds. The summed E-state index contributed by atoms with van der Waals surface area (Å²) in [5.74, 6) is 0. The lowest BCUT2D eigenvalue weighted by Gasteiger charge is -2.27. The minimum Gasteiger partial charge on any atom is -0.389 e. The first kappa shape index (κ1) is 12.7. The largest absolute Gasteiger partial charge is 0.389 e. The van der Waals surface area contributed by atoms with E-state index in [-0.39, 0.29) is 0 Å². The summed E-state index contributed by atoms with van der Waals surface area (Å²) >= 11 is 1.75. The highest BCUT2D eigenvalue weighted by atomic mass is 32.1. The lowest BCUT2D eigenvalue weighted by Crippen LogP contribution is -2.40. The zero-order valence-corrected chi connectivity index (χ0v) is 10.6. The van der Waals surface area contributed by atoms with Crippen molar-refractivity contribution < 1.29 is 5.11 Å². The Morgan fingerprint density at radius 1 is 1.47 bits per heavy atom. The van der Waals surface area contributed by atoms with E-state index in [1.165, 1.54) is 4.88 Å². The van der Waals surface area contributed by atoms with Crippen LogP contribution in [0.25, 0.3) is 0 Å². The lowest BCUT2D eigenvalue weighted by molar-refractivity contribution is 0.0304. The number of thiophene rings is 1. The van der Waals surface area contributed by atoms with Crippen molar-refractivity contribution in [3.63, 3.8) is 0 Å². The van der Waals surface area contributed by atoms with Gasteiger partial charge in [0.1, 0.15) is 0 Å². The molecule has 2 nitrogen and oxygen atoms in total. The molecule has 1 heterocycles. The summed E-state index contributed by atoms with van der Waals surface area (Å²) in [6.45, 7) is 6.86. The minimum atomic E-state index is -0.550. The van der Waals surface area contributed by atoms with Crippen LogP contribution < -0.4 is 5.32 Å². The molecule has 0 aliphatic heterocycles. The molecule has 1 rings (SSSR count). The Morgan fingerprint density at radius 2 is 2.13 bits per heavy atom. The van der Waals surface area contributed by atoms with Gasteiger partial charge in [0.25, 0.3) is 0 Å². The van der Waals surface area contributed by atoms with Crippen LogP contribution in [0.5, 0.6) is 0 Å². The molecule has 1 unspecified atom stereocenters. The van der Waals surface area contributed by atoms with E-state index in [2.05, 4.69) is 29.8 Å². The SMILES string of the molecule is CCC(O)(CC)CNC(C)c1cccs1. The van der Waals surface area contributed by atoms with E-state index in [0.29, 0.717) is 12.6 Å². The zero-order valence-electron chi connectivity index (χ0n) is 9.79. The summed E-state index contributed by atoms with van der Waals surface area (Å²) in [4.78, 5) is 1.32. The molecule has 0 aliphatic rings. The molecular formula is C12H21NOS. The highest BCUT2D eigenvalue weighted by Crippen LogP contribution is 2.20. The normalized spacial score (nSPS) is 14.1. The van der Waals surface area contributed by atoms with Gasteiger partial charge < -0.3 is 10.4 Å². The van der Waals surface area contributed by atoms with Crippen molar-refractivity contribution in [2.75, 3.05) is 6.54 Å². The first-order chi connectivity index (χ1) is 7.11. The summed E-state index contributed by atoms with van der Waals surface area (Å²) in [5, 5.41) is 15.6. The Labute approximate surface area is 96.3 Å². The predicted molar refractivity (Wildman–Crippen MR) is 66.3 cm³/mol. The Morgan fingerprint density at radius 3 is 2.60 bits per heavy atom. The molecule has 0 aromatic carbocycles. The average molecular weight is 227 g/mol. The first-order valence-corrected chi connectivity index (χ1v) is 6.48. The highest BCUT2D eigenvalue weighted by molar-refractivity contribution is 7.10. The van der Waals surface area contributed by atoms with Crippen LogP contribution in [0, 0.1) is 0 Å². The van der Waals surface area contributed by atoms with Gasteiger partial charge >= 0.3 is 0 Å². The lowest BCUT2D eigenvalue weighted by atomic mass is 9.97. The maximum atomic E-state index is 10.1. The van der Waals surface area contributed by atoms with Gasteiger partial charge in [0.05, 0.1) is 5.60 Å². The Kier molecular flexibility index (Phi) is 4.77. The molecule has 1 aromatic heterocycles. The zero-order chi connectivity index (χ0) is 11.3. The molecule has 15 heavy (non-hydrogen) atoms. The van der Waals surface area contributed by atoms with Crippen LogP contribution in [0.2, 0.25) is 0 Å². The van der Waals surface area contributed by atoms with Crippen molar-refractivity contribution in [2.45, 2.75) is 45.3 Å². The van der Waals surface area contributed by atoms with E-state index < -0.39 is 5.60 Å². The molecule has 0 aliphatic carbocycles. The Balaban J connectivity index is 2.43. The van der Waals surface area contributed by atoms with Gasteiger partial charge in [0.2, 0.25) is 0 Å². The summed E-state index contributed by atoms with van der Waals surface area (Å²) in [7, 11) is 0. The molecule has 1 atom stereocenters. The topological polar surface area (TPSA) is 32.3 Å². The number of hydrogen-bond acceptors (Lipinski definition) is 3. The summed E-state index contributed by atoms with van der Waals surface area (Å²) < 4.78 is 0. The van der Waals surface area contributed by atoms with Gasteiger partial charge in [-0.2, -0.15) is 0 Å². The third-order valence-corrected chi connectivity index (χ3v) is 4.08. The Bertz CT molecular complexity index is 267. The van der Waals surface area contributed by atoms with Gasteiger partial charge in [-0.1, -0.05) is 19.9 Å². The molecule has 0 spiro atoms. The molecule has 0 fully saturated rings. The van der Waals surface area contributed by atoms with E-state index in [0.717, 1.165) is 12.8 Å². The molecular weight excluding hydrogens is 206 g/mol. The van der Waals surface area contributed by atoms with Gasteiger partial charge in [-0.25, -0.2) is 0 Å². The third-order valence-electron chi connectivity index (χ3n) is 3.02. The predicted octanol–water partition coefficient (Wildman–Crippen LogP) is 2.95. The molecule has 1 aromatic rings. The molecule has 2 N–H and O–H groups in total. The number of hydrogen-bond donors (Lipinski definition) is 2. The van der Waals surface area contributed by atoms with Crippen molar-refractivity contribution in [3.8, 4) is 0 Å². The van der Waals surface area contributed by atoms with E-state index in [1.54, 1.807) is 11.3 Å². The summed E-state index contributed by atoms with van der Waals surface area (Å²) in [5.41, 5.74) is -0.550. The van der Waals surface area contributed by atoms with Crippen LogP contribution in [0.4, 0.5) is 0 Å². The van der Waals surface area contributed by atoms with Crippen LogP contribution in [0.3, 0.4) is 0 Å². The van der Waals surface area contributed by atoms with Crippen LogP contribution in [0.15, 0.2) is 17.5 Å². The molecule has 0 saturated carbocycles. The summed E-state index contributed by atoms with van der Waals surface area (Å²) in [6, 6.07) is 4.51. The quantitative estimate of drug-likeness (QED) is 0.783. The van der Waals surface area contributed by atoms with E-state index >= 15 is 0 Å². The van der Waals surface area contributed by atoms with E-state index in [1.807, 2.05) is 13.8 Å². The van der Waals surface area contributed by atoms with Crippen LogP contribution in [0.1, 0.15) is 44.5 Å². The molecule has 3 heteroatoms. The van der Waals surface area contributed by atoms with Crippen molar-refractivity contribution in [2.24, 2.45) is 0 Å². The van der Waals surface area contributed by atoms with E-state index in [9.17, 15) is 5.11 Å². The summed E-state index contributed by atoms with van der Waals surface area (Å²) in [6.07, 6.45) is 1.60. The van der Waals surface area contributed by atoms with Gasteiger partial charge in [-0.3, -0.25) is 0 Å². The Hall–Kier alpha value is -0.380. The average Bonchev–Trinajstić information content (AvgIpc) is 2.79. The second-order valence-corrected chi connectivity index (χ2v) is 5.03. The van der Waals surface area contributed by atoms with Crippen LogP contribution >= 0.6 is 11.3 Å². The number of nitrogens with one attached hydrogen (secondary N) is 1. The fourth-order valence-electron chi connectivity index (χ4n) is 1.48. The second kappa shape index (κ2) is 5.64. The smallest absolute Gasteiger partial charge is 0.0766 e. The number of aliphatic hydroxyl groups is 1. The van der Waals surface area contributed by atoms with Gasteiger partial charge in [0, 0.05) is 17.5 Å². The molecule has 0 saturated heterocycles. The maximum absolute atomic E-state index is 10.1. The molecule has 0 bridgehead atoms. The van der Waals surface area contributed by atoms with Crippen LogP contribution in [-0.2, 0) is 0 Å². The van der Waals surface area contributed by atoms with Crippen molar-refractivity contribution in [3.05, 3.63) is 22.4 Å². The van der Waals surface area contributed by atoms with Crippen LogP contribution in [-0.4, -0.2) is 17.3 Å². The molecule has 86 valence electrons. The monoisotopic (exact) mass is 227 g/mol. The van der Waals surface area contributed by atoms with E-state index in [4.69, 9.17) is 0 Å². The first-order valence-electron chi connectivity index (χ1n) is 5.60. The van der Waals surface area contributed by atoms with Crippen molar-refractivity contribution >= 4 is 11.3 Å². The van der Waals surface area contributed by atoms with Crippen molar-refractivity contribution in [1.82, 2.24) is 5.32 Å². The standard InChI is InChI=1S/C12H21NOS/c1-4-12(14,5-2)9-13-10(3)11-7-6-8-15-11/h6-8,10,13-14H,4-5,9H2,1-3H3. The minimum absolute atomic E-state index is 0.328. The maximum Gasteiger partial charge on any atom is 0.0766 e. The fourth-order valence-corrected chi connectivity index (χ4v) is 2.24. The molecule has 0 radical (unpaired) electrons. The van der Waals surface area contributed by atoms with Gasteiger partial charge in [-0.05, 0) is 31.2 Å². The number of rotatable bonds is 6. The third kappa shape index (κ3) is 3.59. The fraction of sp³-hybridized carbons (Fsp3) is 0.667. The van der Waals surface area contributed by atoms with Gasteiger partial charge in [0.15, 0.2) is 0 Å². The highest BCUT2D eigenvalue weighted by Gasteiger charge is 2.22. The second-order valence-electron chi connectivity index (χ2n) is 4.05.